The van der Waals surface area contributed by atoms with Crippen LogP contribution in [0.2, 0.25) is 0 Å². The molecular formula is C12H11F2N3S. The fourth-order valence-corrected chi connectivity index (χ4v) is 2.21. The molecule has 94 valence electrons. The molecule has 18 heavy (non-hydrogen) atoms. The molecule has 2 rings (SSSR count). The van der Waals surface area contributed by atoms with Crippen LogP contribution in [0.3, 0.4) is 0 Å². The van der Waals surface area contributed by atoms with E-state index in [1.54, 1.807) is 18.3 Å². The highest BCUT2D eigenvalue weighted by atomic mass is 32.2. The second-order valence-corrected chi connectivity index (χ2v) is 4.56. The molecule has 0 aliphatic rings. The number of rotatable bonds is 4. The van der Waals surface area contributed by atoms with E-state index in [9.17, 15) is 8.78 Å². The fourth-order valence-electron chi connectivity index (χ4n) is 1.39. The molecule has 1 aromatic carbocycles. The van der Waals surface area contributed by atoms with Gasteiger partial charge in [-0.2, -0.15) is 0 Å². The lowest BCUT2D eigenvalue weighted by molar-refractivity contribution is 0.565. The zero-order chi connectivity index (χ0) is 13.0. The van der Waals surface area contributed by atoms with Crippen molar-refractivity contribution in [3.63, 3.8) is 0 Å². The fraction of sp³-hybridized carbons (Fsp3) is 0.0833. The predicted octanol–water partition coefficient (Wildman–Crippen LogP) is 2.94. The number of hydrogen-bond acceptors (Lipinski definition) is 4. The van der Waals surface area contributed by atoms with Crippen molar-refractivity contribution in [2.75, 3.05) is 5.43 Å². The van der Waals surface area contributed by atoms with Gasteiger partial charge >= 0.3 is 0 Å². The first-order valence-electron chi connectivity index (χ1n) is 5.18. The van der Waals surface area contributed by atoms with Gasteiger partial charge in [-0.15, -0.1) is 11.8 Å². The highest BCUT2D eigenvalue weighted by molar-refractivity contribution is 7.98. The summed E-state index contributed by atoms with van der Waals surface area (Å²) in [6.45, 7) is 0. The van der Waals surface area contributed by atoms with Crippen molar-refractivity contribution in [1.29, 1.82) is 0 Å². The summed E-state index contributed by atoms with van der Waals surface area (Å²) in [5, 5.41) is 0. The number of aromatic nitrogens is 1. The van der Waals surface area contributed by atoms with Crippen LogP contribution in [-0.4, -0.2) is 4.98 Å². The Morgan fingerprint density at radius 1 is 1.22 bits per heavy atom. The van der Waals surface area contributed by atoms with E-state index in [1.165, 1.54) is 23.9 Å². The number of pyridine rings is 1. The summed E-state index contributed by atoms with van der Waals surface area (Å²) >= 11 is 1.26. The van der Waals surface area contributed by atoms with Crippen LogP contribution >= 0.6 is 11.8 Å². The number of nitrogens with zero attached hydrogens (tertiary/aromatic N) is 1. The largest absolute Gasteiger partial charge is 0.324 e. The minimum Gasteiger partial charge on any atom is -0.324 e. The van der Waals surface area contributed by atoms with Crippen molar-refractivity contribution < 1.29 is 8.78 Å². The van der Waals surface area contributed by atoms with E-state index in [0.717, 1.165) is 17.4 Å². The van der Waals surface area contributed by atoms with Crippen LogP contribution in [0.25, 0.3) is 0 Å². The molecule has 0 saturated heterocycles. The van der Waals surface area contributed by atoms with Crippen molar-refractivity contribution in [1.82, 2.24) is 4.98 Å². The Balaban J connectivity index is 2.06. The Morgan fingerprint density at radius 2 is 2.06 bits per heavy atom. The van der Waals surface area contributed by atoms with E-state index in [-0.39, 0.29) is 0 Å². The van der Waals surface area contributed by atoms with Gasteiger partial charge in [0.05, 0.1) is 11.4 Å². The molecule has 0 saturated carbocycles. The third kappa shape index (κ3) is 3.18. The summed E-state index contributed by atoms with van der Waals surface area (Å²) < 4.78 is 26.1. The SMILES string of the molecule is NNc1ccnc(CSc2ccc(F)cc2F)c1. The molecule has 0 amide bonds. The van der Waals surface area contributed by atoms with E-state index in [1.807, 2.05) is 0 Å². The van der Waals surface area contributed by atoms with Crippen molar-refractivity contribution in [2.24, 2.45) is 5.84 Å². The summed E-state index contributed by atoms with van der Waals surface area (Å²) in [4.78, 5) is 4.53. The lowest BCUT2D eigenvalue weighted by atomic mass is 10.3. The summed E-state index contributed by atoms with van der Waals surface area (Å²) in [6.07, 6.45) is 1.62. The second kappa shape index (κ2) is 5.79. The van der Waals surface area contributed by atoms with Crippen LogP contribution in [0, 0.1) is 11.6 Å². The Morgan fingerprint density at radius 3 is 2.78 bits per heavy atom. The summed E-state index contributed by atoms with van der Waals surface area (Å²) in [6, 6.07) is 7.02. The topological polar surface area (TPSA) is 50.9 Å². The molecule has 0 aliphatic heterocycles. The Hall–Kier alpha value is -1.66. The molecule has 0 radical (unpaired) electrons. The Labute approximate surface area is 107 Å². The van der Waals surface area contributed by atoms with E-state index >= 15 is 0 Å². The third-order valence-electron chi connectivity index (χ3n) is 2.25. The molecule has 0 atom stereocenters. The summed E-state index contributed by atoms with van der Waals surface area (Å²) in [7, 11) is 0. The van der Waals surface area contributed by atoms with Crippen LogP contribution in [0.15, 0.2) is 41.4 Å². The molecule has 6 heteroatoms. The highest BCUT2D eigenvalue weighted by Gasteiger charge is 2.05. The molecule has 0 aliphatic carbocycles. The van der Waals surface area contributed by atoms with E-state index in [2.05, 4.69) is 10.4 Å². The first kappa shape index (κ1) is 12.8. The molecular weight excluding hydrogens is 256 g/mol. The van der Waals surface area contributed by atoms with Gasteiger partial charge in [0.25, 0.3) is 0 Å². The van der Waals surface area contributed by atoms with Crippen molar-refractivity contribution in [3.8, 4) is 0 Å². The molecule has 1 aromatic heterocycles. The minimum atomic E-state index is -0.579. The molecule has 1 heterocycles. The van der Waals surface area contributed by atoms with Gasteiger partial charge in [-0.1, -0.05) is 0 Å². The van der Waals surface area contributed by atoms with Crippen LogP contribution in [-0.2, 0) is 5.75 Å². The normalized spacial score (nSPS) is 10.4. The van der Waals surface area contributed by atoms with Crippen molar-refractivity contribution in [2.45, 2.75) is 10.6 Å². The maximum absolute atomic E-state index is 13.4. The van der Waals surface area contributed by atoms with Gasteiger partial charge in [-0.25, -0.2) is 8.78 Å². The number of nitrogen functional groups attached to an aromatic ring is 1. The van der Waals surface area contributed by atoms with E-state index in [4.69, 9.17) is 5.84 Å². The van der Waals surface area contributed by atoms with Gasteiger partial charge < -0.3 is 5.43 Å². The van der Waals surface area contributed by atoms with Crippen LogP contribution < -0.4 is 11.3 Å². The average Bonchev–Trinajstić information content (AvgIpc) is 2.38. The third-order valence-corrected chi connectivity index (χ3v) is 3.33. The first-order valence-corrected chi connectivity index (χ1v) is 6.17. The van der Waals surface area contributed by atoms with Crippen molar-refractivity contribution in [3.05, 3.63) is 53.9 Å². The highest BCUT2D eigenvalue weighted by Crippen LogP contribution is 2.25. The molecule has 0 bridgehead atoms. The smallest absolute Gasteiger partial charge is 0.139 e. The van der Waals surface area contributed by atoms with Crippen LogP contribution in [0.1, 0.15) is 5.69 Å². The number of anilines is 1. The number of nitrogens with one attached hydrogen (secondary N) is 1. The molecule has 2 aromatic rings. The summed E-state index contributed by atoms with van der Waals surface area (Å²) in [5.74, 6) is 4.62. The Bertz CT molecular complexity index is 549. The maximum atomic E-state index is 13.4. The van der Waals surface area contributed by atoms with Crippen LogP contribution in [0.5, 0.6) is 0 Å². The minimum absolute atomic E-state index is 0.393. The summed E-state index contributed by atoms with van der Waals surface area (Å²) in [5.41, 5.74) is 4.01. The lowest BCUT2D eigenvalue weighted by Crippen LogP contribution is -2.07. The number of hydrazine groups is 1. The van der Waals surface area contributed by atoms with E-state index < -0.39 is 11.6 Å². The average molecular weight is 267 g/mol. The van der Waals surface area contributed by atoms with Gasteiger partial charge in [0.2, 0.25) is 0 Å². The molecule has 3 N–H and O–H groups in total. The van der Waals surface area contributed by atoms with Crippen LogP contribution in [0.4, 0.5) is 14.5 Å². The second-order valence-electron chi connectivity index (χ2n) is 3.54. The number of thioether (sulfide) groups is 1. The number of hydrogen-bond donors (Lipinski definition) is 2. The molecule has 0 fully saturated rings. The lowest BCUT2D eigenvalue weighted by Gasteiger charge is -2.05. The molecule has 0 spiro atoms. The standard InChI is InChI=1S/C12H11F2N3S/c13-8-1-2-12(11(14)5-8)18-7-10-6-9(17-15)3-4-16-10/h1-6H,7,15H2,(H,16,17). The zero-order valence-electron chi connectivity index (χ0n) is 9.36. The number of nitrogens with two attached hydrogens (primary N) is 1. The molecule has 0 unspecified atom stereocenters. The van der Waals surface area contributed by atoms with Gasteiger partial charge in [-0.05, 0) is 24.3 Å². The van der Waals surface area contributed by atoms with Gasteiger partial charge in [-0.3, -0.25) is 10.8 Å². The maximum Gasteiger partial charge on any atom is 0.139 e. The van der Waals surface area contributed by atoms with E-state index in [0.29, 0.717) is 10.6 Å². The van der Waals surface area contributed by atoms with Gasteiger partial charge in [0.1, 0.15) is 11.6 Å². The Kier molecular flexibility index (Phi) is 4.11. The number of benzene rings is 1. The zero-order valence-corrected chi connectivity index (χ0v) is 10.2. The number of halogens is 2. The monoisotopic (exact) mass is 267 g/mol. The first-order chi connectivity index (χ1) is 8.69. The quantitative estimate of drug-likeness (QED) is 0.508. The van der Waals surface area contributed by atoms with Crippen molar-refractivity contribution >= 4 is 17.4 Å². The predicted molar refractivity (Wildman–Crippen MR) is 68.0 cm³/mol. The van der Waals surface area contributed by atoms with Gasteiger partial charge in [0.15, 0.2) is 0 Å². The molecule has 3 nitrogen and oxygen atoms in total. The van der Waals surface area contributed by atoms with Gasteiger partial charge in [0, 0.05) is 22.9 Å².